The number of aromatic nitrogens is 2. The summed E-state index contributed by atoms with van der Waals surface area (Å²) >= 11 is 0. The highest BCUT2D eigenvalue weighted by Gasteiger charge is 2.28. The number of benzene rings is 1. The summed E-state index contributed by atoms with van der Waals surface area (Å²) in [5.74, 6) is -0.369. The Morgan fingerprint density at radius 3 is 2.47 bits per heavy atom. The number of rotatable bonds is 5. The van der Waals surface area contributed by atoms with Crippen LogP contribution < -0.4 is 10.3 Å². The van der Waals surface area contributed by atoms with Crippen molar-refractivity contribution in [2.45, 2.75) is 4.90 Å². The van der Waals surface area contributed by atoms with Crippen LogP contribution in [0.4, 0.5) is 5.69 Å². The maximum atomic E-state index is 12.7. The van der Waals surface area contributed by atoms with Crippen LogP contribution >= 0.6 is 0 Å². The predicted molar refractivity (Wildman–Crippen MR) is 104 cm³/mol. The number of morpholine rings is 1. The predicted octanol–water partition coefficient (Wildman–Crippen LogP) is 1.42. The van der Waals surface area contributed by atoms with Crippen LogP contribution in [0.2, 0.25) is 0 Å². The lowest BCUT2D eigenvalue weighted by Crippen LogP contribution is -2.40. The number of hydrogen-bond acceptors (Lipinski definition) is 8. The average molecular weight is 432 g/mol. The summed E-state index contributed by atoms with van der Waals surface area (Å²) in [6, 6.07) is 10.1. The molecule has 4 rings (SSSR count). The minimum atomic E-state index is -3.69. The highest BCUT2D eigenvalue weighted by molar-refractivity contribution is 7.89. The fraction of sp³-hybridized carbons (Fsp3) is 0.222. The molecule has 0 bridgehead atoms. The zero-order valence-electron chi connectivity index (χ0n) is 15.5. The second kappa shape index (κ2) is 7.82. The highest BCUT2D eigenvalue weighted by atomic mass is 32.2. The van der Waals surface area contributed by atoms with Crippen molar-refractivity contribution in [3.05, 3.63) is 69.1 Å². The van der Waals surface area contributed by atoms with Gasteiger partial charge in [-0.25, -0.2) is 8.42 Å². The Balaban J connectivity index is 1.67. The highest BCUT2D eigenvalue weighted by Crippen LogP contribution is 2.28. The molecule has 3 aromatic rings. The third-order valence-electron chi connectivity index (χ3n) is 4.51. The number of nitrogens with zero attached hydrogens (tertiary/aromatic N) is 4. The van der Waals surface area contributed by atoms with E-state index in [1.807, 2.05) is 0 Å². The van der Waals surface area contributed by atoms with Crippen LogP contribution in [0.15, 0.2) is 58.4 Å². The van der Waals surface area contributed by atoms with E-state index < -0.39 is 32.1 Å². The topological polar surface area (TPSA) is 133 Å². The summed E-state index contributed by atoms with van der Waals surface area (Å²) in [5.41, 5.74) is -1.52. The molecule has 1 aromatic carbocycles. The fourth-order valence-corrected chi connectivity index (χ4v) is 4.42. The van der Waals surface area contributed by atoms with Crippen molar-refractivity contribution >= 4 is 21.4 Å². The number of nitro groups is 1. The molecule has 1 aliphatic heterocycles. The second-order valence-corrected chi connectivity index (χ2v) is 8.28. The lowest BCUT2D eigenvalue weighted by Gasteiger charge is -2.26. The normalized spacial score (nSPS) is 15.2. The van der Waals surface area contributed by atoms with Gasteiger partial charge in [0.05, 0.1) is 23.0 Å². The molecular weight excluding hydrogens is 416 g/mol. The minimum absolute atomic E-state index is 0.0535. The van der Waals surface area contributed by atoms with Crippen molar-refractivity contribution in [2.24, 2.45) is 0 Å². The van der Waals surface area contributed by atoms with E-state index in [9.17, 15) is 23.3 Å². The van der Waals surface area contributed by atoms with E-state index in [2.05, 4.69) is 4.98 Å². The van der Waals surface area contributed by atoms with Crippen LogP contribution in [-0.4, -0.2) is 53.3 Å². The van der Waals surface area contributed by atoms with Gasteiger partial charge in [0, 0.05) is 19.3 Å². The van der Waals surface area contributed by atoms with Crippen LogP contribution in [0.3, 0.4) is 0 Å². The Bertz CT molecular complexity index is 1270. The Hall–Kier alpha value is -3.35. The van der Waals surface area contributed by atoms with Crippen molar-refractivity contribution in [1.29, 1.82) is 0 Å². The molecule has 0 unspecified atom stereocenters. The monoisotopic (exact) mass is 432 g/mol. The first-order valence-electron chi connectivity index (χ1n) is 8.89. The van der Waals surface area contributed by atoms with Gasteiger partial charge in [-0.2, -0.15) is 9.29 Å². The molecule has 11 nitrogen and oxygen atoms in total. The SMILES string of the molecule is O=c1c([N+](=O)[O-])c(Oc2ccc(S(=O)(=O)N3CCOCC3)cc2)nc2ccccn12. The van der Waals surface area contributed by atoms with Crippen molar-refractivity contribution in [1.82, 2.24) is 13.7 Å². The van der Waals surface area contributed by atoms with Gasteiger partial charge >= 0.3 is 17.1 Å². The Labute approximate surface area is 170 Å². The summed E-state index contributed by atoms with van der Waals surface area (Å²) in [6.07, 6.45) is 1.37. The van der Waals surface area contributed by atoms with Gasteiger partial charge < -0.3 is 9.47 Å². The first kappa shape index (κ1) is 19.9. The number of pyridine rings is 1. The largest absolute Gasteiger partial charge is 0.433 e. The van der Waals surface area contributed by atoms with Gasteiger partial charge in [0.15, 0.2) is 0 Å². The fourth-order valence-electron chi connectivity index (χ4n) is 3.01. The van der Waals surface area contributed by atoms with Crippen LogP contribution in [0.1, 0.15) is 0 Å². The van der Waals surface area contributed by atoms with Gasteiger partial charge in [0.1, 0.15) is 11.4 Å². The van der Waals surface area contributed by atoms with Crippen LogP contribution in [0.25, 0.3) is 5.65 Å². The molecule has 0 saturated carbocycles. The van der Waals surface area contributed by atoms with Crippen molar-refractivity contribution < 1.29 is 22.8 Å². The number of fused-ring (bicyclic) bond motifs is 1. The van der Waals surface area contributed by atoms with Crippen LogP contribution in [0.5, 0.6) is 11.6 Å². The first-order valence-corrected chi connectivity index (χ1v) is 10.3. The molecule has 0 atom stereocenters. The van der Waals surface area contributed by atoms with Gasteiger partial charge in [-0.15, -0.1) is 0 Å². The quantitative estimate of drug-likeness (QED) is 0.436. The molecule has 1 saturated heterocycles. The maximum Gasteiger partial charge on any atom is 0.396 e. The lowest BCUT2D eigenvalue weighted by molar-refractivity contribution is -0.387. The van der Waals surface area contributed by atoms with Crippen LogP contribution in [-0.2, 0) is 14.8 Å². The van der Waals surface area contributed by atoms with E-state index in [1.54, 1.807) is 12.1 Å². The van der Waals surface area contributed by atoms with Crippen molar-refractivity contribution in [3.63, 3.8) is 0 Å². The molecule has 30 heavy (non-hydrogen) atoms. The van der Waals surface area contributed by atoms with Crippen molar-refractivity contribution in [2.75, 3.05) is 26.3 Å². The molecule has 0 radical (unpaired) electrons. The second-order valence-electron chi connectivity index (χ2n) is 6.35. The summed E-state index contributed by atoms with van der Waals surface area (Å²) < 4.78 is 38.4. The molecule has 1 aliphatic rings. The van der Waals surface area contributed by atoms with Gasteiger partial charge in [-0.3, -0.25) is 19.3 Å². The summed E-state index contributed by atoms with van der Waals surface area (Å²) in [6.45, 7) is 1.18. The summed E-state index contributed by atoms with van der Waals surface area (Å²) in [4.78, 5) is 27.1. The molecular formula is C18H16N4O7S. The number of ether oxygens (including phenoxy) is 2. The maximum absolute atomic E-state index is 12.7. The van der Waals surface area contributed by atoms with E-state index in [0.29, 0.717) is 13.2 Å². The third-order valence-corrected chi connectivity index (χ3v) is 6.42. The Morgan fingerprint density at radius 2 is 1.80 bits per heavy atom. The zero-order chi connectivity index (χ0) is 21.3. The van der Waals surface area contributed by atoms with Gasteiger partial charge in [-0.05, 0) is 36.4 Å². The minimum Gasteiger partial charge on any atom is -0.433 e. The molecule has 0 amide bonds. The molecule has 0 N–H and O–H groups in total. The molecule has 156 valence electrons. The smallest absolute Gasteiger partial charge is 0.396 e. The van der Waals surface area contributed by atoms with E-state index in [1.165, 1.54) is 40.8 Å². The molecule has 2 aromatic heterocycles. The van der Waals surface area contributed by atoms with Crippen LogP contribution in [0, 0.1) is 10.1 Å². The third kappa shape index (κ3) is 3.63. The summed E-state index contributed by atoms with van der Waals surface area (Å²) in [7, 11) is -3.69. The van der Waals surface area contributed by atoms with Gasteiger partial charge in [0.25, 0.3) is 0 Å². The Morgan fingerprint density at radius 1 is 1.10 bits per heavy atom. The standard InChI is InChI=1S/C18H16N4O7S/c23-18-16(22(24)25)17(19-15-3-1-2-8-21(15)18)29-13-4-6-14(7-5-13)30(26,27)20-9-11-28-12-10-20/h1-8H,9-12H2. The lowest BCUT2D eigenvalue weighted by atomic mass is 10.3. The van der Waals surface area contributed by atoms with Gasteiger partial charge in [-0.1, -0.05) is 6.07 Å². The molecule has 0 spiro atoms. The van der Waals surface area contributed by atoms with E-state index in [0.717, 1.165) is 4.40 Å². The number of sulfonamides is 1. The van der Waals surface area contributed by atoms with E-state index in [4.69, 9.17) is 9.47 Å². The molecule has 0 aliphatic carbocycles. The van der Waals surface area contributed by atoms with Crippen molar-refractivity contribution in [3.8, 4) is 11.6 Å². The molecule has 3 heterocycles. The molecule has 1 fully saturated rings. The Kier molecular flexibility index (Phi) is 5.20. The first-order chi connectivity index (χ1) is 14.4. The average Bonchev–Trinajstić information content (AvgIpc) is 2.74. The van der Waals surface area contributed by atoms with Gasteiger partial charge in [0.2, 0.25) is 10.0 Å². The van der Waals surface area contributed by atoms with E-state index in [-0.39, 0.29) is 29.4 Å². The van der Waals surface area contributed by atoms with E-state index >= 15 is 0 Å². The number of hydrogen-bond donors (Lipinski definition) is 0. The zero-order valence-corrected chi connectivity index (χ0v) is 16.3. The molecule has 12 heteroatoms. The summed E-state index contributed by atoms with van der Waals surface area (Å²) in [5, 5.41) is 11.4.